The summed E-state index contributed by atoms with van der Waals surface area (Å²) in [4.78, 5) is 48.0. The molecule has 0 aromatic carbocycles. The monoisotopic (exact) mass is 282 g/mol. The van der Waals surface area contributed by atoms with E-state index in [0.29, 0.717) is 25.9 Å². The van der Waals surface area contributed by atoms with E-state index in [2.05, 4.69) is 5.43 Å². The van der Waals surface area contributed by atoms with Gasteiger partial charge in [0.25, 0.3) is 11.8 Å². The smallest absolute Gasteiger partial charge is 0.253 e. The van der Waals surface area contributed by atoms with Gasteiger partial charge in [0.1, 0.15) is 5.92 Å². The first-order chi connectivity index (χ1) is 9.40. The van der Waals surface area contributed by atoms with Crippen LogP contribution in [0.1, 0.15) is 19.3 Å². The van der Waals surface area contributed by atoms with Crippen LogP contribution in [0.3, 0.4) is 0 Å². The van der Waals surface area contributed by atoms with Crippen LogP contribution in [0.2, 0.25) is 0 Å². The summed E-state index contributed by atoms with van der Waals surface area (Å²) in [5, 5.41) is 1.10. The molecule has 0 saturated carbocycles. The van der Waals surface area contributed by atoms with Gasteiger partial charge in [-0.15, -0.1) is 0 Å². The Balaban J connectivity index is 1.89. The number of hydrogen-bond acceptors (Lipinski definition) is 4. The van der Waals surface area contributed by atoms with E-state index in [4.69, 9.17) is 5.73 Å². The zero-order valence-electron chi connectivity index (χ0n) is 11.3. The molecule has 8 nitrogen and oxygen atoms in total. The highest BCUT2D eigenvalue weighted by atomic mass is 16.2. The largest absolute Gasteiger partial charge is 0.369 e. The fourth-order valence-electron chi connectivity index (χ4n) is 2.54. The number of piperidine rings is 1. The van der Waals surface area contributed by atoms with Gasteiger partial charge in [-0.25, -0.2) is 0 Å². The maximum atomic E-state index is 12.1. The van der Waals surface area contributed by atoms with Gasteiger partial charge >= 0.3 is 0 Å². The number of amides is 4. The molecule has 0 aliphatic carbocycles. The van der Waals surface area contributed by atoms with E-state index in [0.717, 1.165) is 5.01 Å². The number of rotatable bonds is 3. The lowest BCUT2D eigenvalue weighted by Crippen LogP contribution is -2.43. The van der Waals surface area contributed by atoms with E-state index < -0.39 is 17.7 Å². The molecule has 1 atom stereocenters. The summed E-state index contributed by atoms with van der Waals surface area (Å²) in [7, 11) is 1.45. The minimum atomic E-state index is -0.943. The van der Waals surface area contributed by atoms with Crippen molar-refractivity contribution >= 4 is 23.6 Å². The van der Waals surface area contributed by atoms with Gasteiger partial charge in [-0.05, 0) is 12.8 Å². The van der Waals surface area contributed by atoms with Crippen LogP contribution < -0.4 is 11.2 Å². The van der Waals surface area contributed by atoms with E-state index >= 15 is 0 Å². The SMILES string of the molecule is CN1NC(=O)C(CC(=O)N2CCC(C(N)=O)CC2)C1=O. The number of hydrazine groups is 1. The van der Waals surface area contributed by atoms with Gasteiger partial charge in [-0.2, -0.15) is 0 Å². The Bertz CT molecular complexity index is 456. The highest BCUT2D eigenvalue weighted by Gasteiger charge is 2.39. The molecule has 2 aliphatic rings. The molecule has 1 unspecified atom stereocenters. The lowest BCUT2D eigenvalue weighted by Gasteiger charge is -2.30. The standard InChI is InChI=1S/C12H18N4O4/c1-15-12(20)8(11(19)14-15)6-9(17)16-4-2-7(3-5-16)10(13)18/h7-8H,2-6H2,1H3,(H2,13,18)(H,14,19). The van der Waals surface area contributed by atoms with Crippen LogP contribution in [0.25, 0.3) is 0 Å². The number of carbonyl (C=O) groups excluding carboxylic acids is 4. The van der Waals surface area contributed by atoms with Gasteiger partial charge in [-0.1, -0.05) is 0 Å². The summed E-state index contributed by atoms with van der Waals surface area (Å²) in [5.41, 5.74) is 7.59. The number of hydrogen-bond donors (Lipinski definition) is 2. The predicted octanol–water partition coefficient (Wildman–Crippen LogP) is -1.78. The van der Waals surface area contributed by atoms with Crippen molar-refractivity contribution in [3.63, 3.8) is 0 Å². The van der Waals surface area contributed by atoms with Crippen molar-refractivity contribution in [2.45, 2.75) is 19.3 Å². The molecule has 0 bridgehead atoms. The minimum Gasteiger partial charge on any atom is -0.369 e. The fourth-order valence-corrected chi connectivity index (χ4v) is 2.54. The highest BCUT2D eigenvalue weighted by Crippen LogP contribution is 2.20. The quantitative estimate of drug-likeness (QED) is 0.596. The topological polar surface area (TPSA) is 113 Å². The molecule has 8 heteroatoms. The third kappa shape index (κ3) is 2.73. The molecule has 0 aromatic heterocycles. The summed E-state index contributed by atoms with van der Waals surface area (Å²) in [5.74, 6) is -2.56. The molecule has 2 rings (SSSR count). The molecule has 2 heterocycles. The van der Waals surface area contributed by atoms with Crippen molar-refractivity contribution in [3.8, 4) is 0 Å². The second kappa shape index (κ2) is 5.48. The summed E-state index contributed by atoms with van der Waals surface area (Å²) in [6.07, 6.45) is 0.938. The van der Waals surface area contributed by atoms with E-state index in [1.54, 1.807) is 4.90 Å². The van der Waals surface area contributed by atoms with Crippen LogP contribution in [0.4, 0.5) is 0 Å². The van der Waals surface area contributed by atoms with Crippen molar-refractivity contribution in [1.82, 2.24) is 15.3 Å². The second-order valence-electron chi connectivity index (χ2n) is 5.19. The summed E-state index contributed by atoms with van der Waals surface area (Å²) >= 11 is 0. The highest BCUT2D eigenvalue weighted by molar-refractivity contribution is 6.07. The summed E-state index contributed by atoms with van der Waals surface area (Å²) in [6, 6.07) is 0. The molecule has 2 fully saturated rings. The van der Waals surface area contributed by atoms with E-state index in [-0.39, 0.29) is 24.2 Å². The zero-order valence-corrected chi connectivity index (χ0v) is 11.3. The molecule has 2 saturated heterocycles. The maximum Gasteiger partial charge on any atom is 0.253 e. The first-order valence-electron chi connectivity index (χ1n) is 6.55. The maximum absolute atomic E-state index is 12.1. The molecular formula is C12H18N4O4. The lowest BCUT2D eigenvalue weighted by molar-refractivity contribution is -0.141. The summed E-state index contributed by atoms with van der Waals surface area (Å²) in [6.45, 7) is 0.871. The Hall–Kier alpha value is -2.12. The van der Waals surface area contributed by atoms with Crippen LogP contribution in [-0.2, 0) is 19.2 Å². The van der Waals surface area contributed by atoms with Gasteiger partial charge < -0.3 is 10.6 Å². The average Bonchev–Trinajstić information content (AvgIpc) is 2.65. The van der Waals surface area contributed by atoms with E-state index in [9.17, 15) is 19.2 Å². The minimum absolute atomic E-state index is 0.129. The molecule has 0 aromatic rings. The van der Waals surface area contributed by atoms with Crippen LogP contribution in [-0.4, -0.2) is 53.7 Å². The first-order valence-corrected chi connectivity index (χ1v) is 6.55. The zero-order chi connectivity index (χ0) is 14.9. The lowest BCUT2D eigenvalue weighted by atomic mass is 9.95. The number of nitrogens with two attached hydrogens (primary N) is 1. The van der Waals surface area contributed by atoms with E-state index in [1.807, 2.05) is 0 Å². The van der Waals surface area contributed by atoms with Gasteiger partial charge in [0.2, 0.25) is 11.8 Å². The second-order valence-corrected chi connectivity index (χ2v) is 5.19. The van der Waals surface area contributed by atoms with E-state index in [1.165, 1.54) is 7.05 Å². The van der Waals surface area contributed by atoms with Crippen molar-refractivity contribution in [2.24, 2.45) is 17.6 Å². The first kappa shape index (κ1) is 14.3. The summed E-state index contributed by atoms with van der Waals surface area (Å²) < 4.78 is 0. The van der Waals surface area contributed by atoms with Crippen molar-refractivity contribution < 1.29 is 19.2 Å². The average molecular weight is 282 g/mol. The fraction of sp³-hybridized carbons (Fsp3) is 0.667. The Labute approximate surface area is 116 Å². The normalized spacial score (nSPS) is 23.9. The molecule has 0 spiro atoms. The number of nitrogens with zero attached hydrogens (tertiary/aromatic N) is 2. The molecule has 4 amide bonds. The predicted molar refractivity (Wildman–Crippen MR) is 67.5 cm³/mol. The number of nitrogens with one attached hydrogen (secondary N) is 1. The van der Waals surface area contributed by atoms with Gasteiger partial charge in [0, 0.05) is 32.5 Å². The Kier molecular flexibility index (Phi) is 3.91. The molecule has 3 N–H and O–H groups in total. The molecule has 0 radical (unpaired) electrons. The van der Waals surface area contributed by atoms with Crippen LogP contribution in [0.5, 0.6) is 0 Å². The van der Waals surface area contributed by atoms with Crippen molar-refractivity contribution in [2.75, 3.05) is 20.1 Å². The molecular weight excluding hydrogens is 264 g/mol. The Morgan fingerprint density at radius 1 is 1.30 bits per heavy atom. The molecule has 2 aliphatic heterocycles. The van der Waals surface area contributed by atoms with Crippen molar-refractivity contribution in [3.05, 3.63) is 0 Å². The Morgan fingerprint density at radius 2 is 1.90 bits per heavy atom. The van der Waals surface area contributed by atoms with Gasteiger partial charge in [0.05, 0.1) is 0 Å². The number of primary amides is 1. The van der Waals surface area contributed by atoms with Crippen molar-refractivity contribution in [1.29, 1.82) is 0 Å². The van der Waals surface area contributed by atoms with Gasteiger partial charge in [-0.3, -0.25) is 29.6 Å². The van der Waals surface area contributed by atoms with Gasteiger partial charge in [0.15, 0.2) is 0 Å². The Morgan fingerprint density at radius 3 is 2.35 bits per heavy atom. The third-order valence-electron chi connectivity index (χ3n) is 3.85. The molecule has 20 heavy (non-hydrogen) atoms. The number of likely N-dealkylation sites (tertiary alicyclic amines) is 1. The number of carbonyl (C=O) groups is 4. The van der Waals surface area contributed by atoms with Crippen LogP contribution >= 0.6 is 0 Å². The third-order valence-corrected chi connectivity index (χ3v) is 3.85. The molecule has 110 valence electrons. The van der Waals surface area contributed by atoms with Crippen LogP contribution in [0.15, 0.2) is 0 Å². The van der Waals surface area contributed by atoms with Crippen LogP contribution in [0, 0.1) is 11.8 Å².